The normalized spacial score (nSPS) is 16.1. The van der Waals surface area contributed by atoms with Gasteiger partial charge in [-0.05, 0) is 68.1 Å². The van der Waals surface area contributed by atoms with Crippen molar-refractivity contribution in [1.29, 1.82) is 0 Å². The number of benzene rings is 1. The van der Waals surface area contributed by atoms with Crippen LogP contribution in [0.5, 0.6) is 5.75 Å². The summed E-state index contributed by atoms with van der Waals surface area (Å²) in [7, 11) is -2.16. The van der Waals surface area contributed by atoms with Gasteiger partial charge in [-0.1, -0.05) is 12.1 Å². The molecule has 31 heavy (non-hydrogen) atoms. The molecule has 0 amide bonds. The van der Waals surface area contributed by atoms with Crippen LogP contribution in [0.3, 0.4) is 0 Å². The lowest BCUT2D eigenvalue weighted by Gasteiger charge is -2.37. The van der Waals surface area contributed by atoms with E-state index >= 15 is 0 Å². The molecule has 0 N–H and O–H groups in total. The Morgan fingerprint density at radius 1 is 1.16 bits per heavy atom. The van der Waals surface area contributed by atoms with Gasteiger partial charge >= 0.3 is 0 Å². The topological polar surface area (TPSA) is 63.0 Å². The number of furan rings is 1. The van der Waals surface area contributed by atoms with Gasteiger partial charge in [-0.15, -0.1) is 11.3 Å². The molecule has 8 heteroatoms. The van der Waals surface area contributed by atoms with Crippen LogP contribution in [-0.2, 0) is 23.0 Å². The fourth-order valence-electron chi connectivity index (χ4n) is 4.02. The largest absolute Gasteiger partial charge is 0.497 e. The number of methoxy groups -OCH3 is 1. The number of thiophene rings is 1. The quantitative estimate of drug-likeness (QED) is 0.478. The molecule has 166 valence electrons. The molecule has 0 radical (unpaired) electrons. The number of hydrogen-bond donors (Lipinski definition) is 0. The minimum absolute atomic E-state index is 0.0701. The summed E-state index contributed by atoms with van der Waals surface area (Å²) in [4.78, 5) is 4.07. The Labute approximate surface area is 188 Å². The molecular weight excluding hydrogens is 432 g/mol. The van der Waals surface area contributed by atoms with Gasteiger partial charge in [0.2, 0.25) is 10.0 Å². The van der Waals surface area contributed by atoms with Gasteiger partial charge in [0.15, 0.2) is 0 Å². The van der Waals surface area contributed by atoms with Gasteiger partial charge in [-0.2, -0.15) is 4.31 Å². The number of ether oxygens (including phenoxy) is 1. The maximum Gasteiger partial charge on any atom is 0.243 e. The smallest absolute Gasteiger partial charge is 0.243 e. The molecular formula is C23H28N2O4S2. The van der Waals surface area contributed by atoms with Crippen molar-refractivity contribution >= 4 is 21.4 Å². The van der Waals surface area contributed by atoms with Gasteiger partial charge in [0.25, 0.3) is 0 Å². The minimum atomic E-state index is -3.70. The standard InChI is InChI=1S/C23H28N2O4S2/c1-28-20-5-2-8-23(17-20)31(26,27)25(18-21-6-3-15-29-21)19-9-12-24(13-10-19)14-11-22-7-4-16-30-22/h2-8,15-17,19H,9-14,18H2,1H3. The van der Waals surface area contributed by atoms with Crippen LogP contribution in [0.1, 0.15) is 23.5 Å². The average Bonchev–Trinajstić information content (AvgIpc) is 3.51. The first-order valence-electron chi connectivity index (χ1n) is 10.5. The molecule has 3 aromatic rings. The predicted molar refractivity (Wildman–Crippen MR) is 122 cm³/mol. The first-order valence-corrected chi connectivity index (χ1v) is 12.8. The molecule has 6 nitrogen and oxygen atoms in total. The summed E-state index contributed by atoms with van der Waals surface area (Å²) >= 11 is 1.79. The second-order valence-corrected chi connectivity index (χ2v) is 10.6. The van der Waals surface area contributed by atoms with Crippen molar-refractivity contribution in [3.05, 3.63) is 70.8 Å². The summed E-state index contributed by atoms with van der Waals surface area (Å²) in [6, 6.07) is 14.5. The van der Waals surface area contributed by atoms with E-state index in [2.05, 4.69) is 22.4 Å². The highest BCUT2D eigenvalue weighted by Gasteiger charge is 2.34. The molecule has 4 rings (SSSR count). The molecule has 2 aromatic heterocycles. The highest BCUT2D eigenvalue weighted by atomic mass is 32.2. The van der Waals surface area contributed by atoms with E-state index in [-0.39, 0.29) is 17.5 Å². The molecule has 1 fully saturated rings. The maximum atomic E-state index is 13.6. The number of likely N-dealkylation sites (tertiary alicyclic amines) is 1. The van der Waals surface area contributed by atoms with Crippen molar-refractivity contribution in [1.82, 2.24) is 9.21 Å². The van der Waals surface area contributed by atoms with E-state index in [1.54, 1.807) is 52.2 Å². The second kappa shape index (κ2) is 9.99. The zero-order chi connectivity index (χ0) is 21.7. The lowest BCUT2D eigenvalue weighted by atomic mass is 10.0. The molecule has 1 aromatic carbocycles. The summed E-state index contributed by atoms with van der Waals surface area (Å²) < 4.78 is 39.6. The van der Waals surface area contributed by atoms with Gasteiger partial charge in [0.1, 0.15) is 11.5 Å². The summed E-state index contributed by atoms with van der Waals surface area (Å²) in [5, 5.41) is 2.11. The van der Waals surface area contributed by atoms with Crippen LogP contribution in [0.15, 0.2) is 69.5 Å². The number of sulfonamides is 1. The van der Waals surface area contributed by atoms with Gasteiger partial charge in [0, 0.05) is 23.5 Å². The summed E-state index contributed by atoms with van der Waals surface area (Å²) in [5.74, 6) is 1.18. The first-order chi connectivity index (χ1) is 15.1. The van der Waals surface area contributed by atoms with Gasteiger partial charge in [-0.3, -0.25) is 0 Å². The molecule has 0 unspecified atom stereocenters. The van der Waals surface area contributed by atoms with Crippen LogP contribution >= 0.6 is 11.3 Å². The predicted octanol–water partition coefficient (Wildman–Crippen LogP) is 4.25. The van der Waals surface area contributed by atoms with E-state index in [0.717, 1.165) is 38.9 Å². The zero-order valence-corrected chi connectivity index (χ0v) is 19.3. The van der Waals surface area contributed by atoms with Crippen LogP contribution in [-0.4, -0.2) is 50.4 Å². The Hall–Kier alpha value is -2.13. The fraction of sp³-hybridized carbons (Fsp3) is 0.391. The third-order valence-electron chi connectivity index (χ3n) is 5.76. The third-order valence-corrected chi connectivity index (χ3v) is 8.59. The van der Waals surface area contributed by atoms with E-state index in [1.807, 2.05) is 6.07 Å². The molecule has 0 atom stereocenters. The molecule has 0 aliphatic carbocycles. The molecule has 3 heterocycles. The van der Waals surface area contributed by atoms with E-state index in [9.17, 15) is 8.42 Å². The SMILES string of the molecule is COc1cccc(S(=O)(=O)N(Cc2ccco2)C2CCN(CCc3cccs3)CC2)c1. The minimum Gasteiger partial charge on any atom is -0.497 e. The summed E-state index contributed by atoms with van der Waals surface area (Å²) in [6.45, 7) is 3.01. The molecule has 0 spiro atoms. The fourth-order valence-corrected chi connectivity index (χ4v) is 6.40. The molecule has 1 saturated heterocycles. The van der Waals surface area contributed by atoms with Gasteiger partial charge in [0.05, 0.1) is 24.8 Å². The third kappa shape index (κ3) is 5.38. The second-order valence-electron chi connectivity index (χ2n) is 7.71. The lowest BCUT2D eigenvalue weighted by Crippen LogP contribution is -2.47. The summed E-state index contributed by atoms with van der Waals surface area (Å²) in [6.07, 6.45) is 4.22. The van der Waals surface area contributed by atoms with Crippen molar-refractivity contribution in [2.24, 2.45) is 0 Å². The van der Waals surface area contributed by atoms with Crippen LogP contribution in [0.4, 0.5) is 0 Å². The van der Waals surface area contributed by atoms with E-state index < -0.39 is 10.0 Å². The van der Waals surface area contributed by atoms with Crippen LogP contribution < -0.4 is 4.74 Å². The highest BCUT2D eigenvalue weighted by molar-refractivity contribution is 7.89. The van der Waals surface area contributed by atoms with Crippen molar-refractivity contribution in [2.45, 2.75) is 36.7 Å². The van der Waals surface area contributed by atoms with Crippen molar-refractivity contribution < 1.29 is 17.6 Å². The Morgan fingerprint density at radius 2 is 2.00 bits per heavy atom. The Kier molecular flexibility index (Phi) is 7.12. The van der Waals surface area contributed by atoms with Crippen LogP contribution in [0, 0.1) is 0 Å². The molecule has 1 aliphatic rings. The Balaban J connectivity index is 1.49. The van der Waals surface area contributed by atoms with Gasteiger partial charge in [-0.25, -0.2) is 8.42 Å². The van der Waals surface area contributed by atoms with Crippen LogP contribution in [0.25, 0.3) is 0 Å². The lowest BCUT2D eigenvalue weighted by molar-refractivity contribution is 0.153. The summed E-state index contributed by atoms with van der Waals surface area (Å²) in [5.41, 5.74) is 0. The zero-order valence-electron chi connectivity index (χ0n) is 17.6. The highest BCUT2D eigenvalue weighted by Crippen LogP contribution is 2.28. The van der Waals surface area contributed by atoms with Gasteiger partial charge < -0.3 is 14.1 Å². The van der Waals surface area contributed by atoms with E-state index in [1.165, 1.54) is 12.0 Å². The Bertz CT molecular complexity index is 1040. The molecule has 0 bridgehead atoms. The van der Waals surface area contributed by atoms with E-state index in [4.69, 9.17) is 9.15 Å². The number of hydrogen-bond acceptors (Lipinski definition) is 6. The average molecular weight is 461 g/mol. The van der Waals surface area contributed by atoms with Crippen LogP contribution in [0.2, 0.25) is 0 Å². The van der Waals surface area contributed by atoms with Crippen molar-refractivity contribution in [2.75, 3.05) is 26.7 Å². The molecule has 0 saturated carbocycles. The number of rotatable bonds is 9. The van der Waals surface area contributed by atoms with Crippen molar-refractivity contribution in [3.63, 3.8) is 0 Å². The maximum absolute atomic E-state index is 13.6. The Morgan fingerprint density at radius 3 is 2.68 bits per heavy atom. The number of piperidine rings is 1. The number of nitrogens with zero attached hydrogens (tertiary/aromatic N) is 2. The first kappa shape index (κ1) is 22.1. The van der Waals surface area contributed by atoms with E-state index in [0.29, 0.717) is 11.5 Å². The van der Waals surface area contributed by atoms with Crippen molar-refractivity contribution in [3.8, 4) is 5.75 Å². The molecule has 1 aliphatic heterocycles. The monoisotopic (exact) mass is 460 g/mol.